The summed E-state index contributed by atoms with van der Waals surface area (Å²) in [6.45, 7) is 7.91. The summed E-state index contributed by atoms with van der Waals surface area (Å²) in [6, 6.07) is 15.1. The summed E-state index contributed by atoms with van der Waals surface area (Å²) in [5, 5.41) is 0. The largest absolute Gasteiger partial charge is 0.462 e. The van der Waals surface area contributed by atoms with E-state index in [1.807, 2.05) is 37.2 Å². The number of esters is 1. The summed E-state index contributed by atoms with van der Waals surface area (Å²) >= 11 is 0. The number of amides is 2. The number of benzene rings is 2. The van der Waals surface area contributed by atoms with Gasteiger partial charge in [-0.05, 0) is 49.9 Å². The molecule has 2 aromatic carbocycles. The molecule has 2 amide bonds. The molecule has 1 unspecified atom stereocenters. The molecule has 0 N–H and O–H groups in total. The molecule has 0 bridgehead atoms. The van der Waals surface area contributed by atoms with Crippen LogP contribution in [0.25, 0.3) is 5.57 Å². The van der Waals surface area contributed by atoms with Crippen LogP contribution >= 0.6 is 0 Å². The molecule has 2 aromatic rings. The van der Waals surface area contributed by atoms with Crippen molar-refractivity contribution in [3.8, 4) is 0 Å². The third-order valence-electron chi connectivity index (χ3n) is 9.38. The molecule has 0 spiro atoms. The molecule has 1 atom stereocenters. The van der Waals surface area contributed by atoms with Gasteiger partial charge >= 0.3 is 12.1 Å². The zero-order chi connectivity index (χ0) is 37.4. The van der Waals surface area contributed by atoms with Gasteiger partial charge in [-0.2, -0.15) is 0 Å². The zero-order valence-corrected chi connectivity index (χ0v) is 31.1. The predicted octanol–water partition coefficient (Wildman–Crippen LogP) is 3.13. The minimum Gasteiger partial charge on any atom is -0.462 e. The zero-order valence-electron chi connectivity index (χ0n) is 31.1. The Balaban J connectivity index is 1.04. The molecule has 53 heavy (non-hydrogen) atoms. The molecule has 13 nitrogen and oxygen atoms in total. The molecule has 0 saturated carbocycles. The summed E-state index contributed by atoms with van der Waals surface area (Å²) in [5.41, 5.74) is 3.14. The number of likely N-dealkylation sites (N-methyl/N-ethyl adjacent to an activating group) is 1. The van der Waals surface area contributed by atoms with E-state index in [9.17, 15) is 14.4 Å². The summed E-state index contributed by atoms with van der Waals surface area (Å²) in [4.78, 5) is 47.4. The van der Waals surface area contributed by atoms with Gasteiger partial charge in [-0.1, -0.05) is 36.4 Å². The van der Waals surface area contributed by atoms with Crippen LogP contribution in [0.5, 0.6) is 0 Å². The number of nitrogens with zero attached hydrogens (tertiary/aromatic N) is 5. The molecule has 14 heteroatoms. The highest BCUT2D eigenvalue weighted by Gasteiger charge is 2.34. The third kappa shape index (κ3) is 13.2. The van der Waals surface area contributed by atoms with Gasteiger partial charge in [0, 0.05) is 57.9 Å². The molecule has 0 radical (unpaired) electrons. The van der Waals surface area contributed by atoms with Crippen molar-refractivity contribution < 1.29 is 42.5 Å². The van der Waals surface area contributed by atoms with Gasteiger partial charge in [0.1, 0.15) is 12.4 Å². The van der Waals surface area contributed by atoms with Crippen LogP contribution in [0.3, 0.4) is 0 Å². The lowest BCUT2D eigenvalue weighted by atomic mass is 9.98. The fourth-order valence-corrected chi connectivity index (χ4v) is 6.43. The van der Waals surface area contributed by atoms with Crippen LogP contribution in [-0.2, 0) is 39.8 Å². The van der Waals surface area contributed by atoms with E-state index in [1.165, 1.54) is 16.5 Å². The minimum atomic E-state index is -0.669. The van der Waals surface area contributed by atoms with Crippen molar-refractivity contribution in [3.63, 3.8) is 0 Å². The number of carbonyl (C=O) groups is 3. The fraction of sp³-hybridized carbons (Fsp3) is 0.564. The molecule has 3 heterocycles. The fourth-order valence-electron chi connectivity index (χ4n) is 6.43. The van der Waals surface area contributed by atoms with Crippen LogP contribution in [0.2, 0.25) is 0 Å². The first-order valence-corrected chi connectivity index (χ1v) is 18.5. The van der Waals surface area contributed by atoms with Crippen LogP contribution in [0.4, 0.5) is 14.9 Å². The van der Waals surface area contributed by atoms with Crippen LogP contribution in [0.1, 0.15) is 24.0 Å². The van der Waals surface area contributed by atoms with Crippen molar-refractivity contribution in [2.75, 3.05) is 124 Å². The van der Waals surface area contributed by atoms with Gasteiger partial charge in [0.25, 0.3) is 0 Å². The second-order valence-electron chi connectivity index (χ2n) is 13.7. The van der Waals surface area contributed by atoms with E-state index in [0.29, 0.717) is 90.2 Å². The Labute approximate surface area is 312 Å². The number of carbonyl (C=O) groups excluding carboxylic acids is 3. The van der Waals surface area contributed by atoms with Gasteiger partial charge in [-0.15, -0.1) is 0 Å². The first kappa shape index (κ1) is 40.3. The SMILES string of the molecule is CN(C)CC(=O)N1CCOCCOCCN(CCC(=O)OCC2CN(c3ccc(C4=CCN(Cc5ccccc5)CC4)c(F)c3)C(=O)O2)CCOCC1. The van der Waals surface area contributed by atoms with Crippen molar-refractivity contribution >= 4 is 29.2 Å². The molecule has 0 aliphatic carbocycles. The molecular weight excluding hydrogens is 685 g/mol. The number of hydrogen-bond donors (Lipinski definition) is 0. The van der Waals surface area contributed by atoms with Crippen LogP contribution < -0.4 is 4.90 Å². The topological polar surface area (TPSA) is 114 Å². The van der Waals surface area contributed by atoms with E-state index in [2.05, 4.69) is 28.0 Å². The first-order valence-electron chi connectivity index (χ1n) is 18.5. The predicted molar refractivity (Wildman–Crippen MR) is 198 cm³/mol. The van der Waals surface area contributed by atoms with E-state index in [1.54, 1.807) is 17.0 Å². The van der Waals surface area contributed by atoms with Crippen LogP contribution in [-0.4, -0.2) is 163 Å². The van der Waals surface area contributed by atoms with Crippen molar-refractivity contribution in [1.82, 2.24) is 19.6 Å². The molecule has 3 aliphatic rings. The third-order valence-corrected chi connectivity index (χ3v) is 9.38. The molecular formula is C39H54FN5O8. The number of cyclic esters (lactones) is 1. The van der Waals surface area contributed by atoms with Crippen molar-refractivity contribution in [2.24, 2.45) is 0 Å². The summed E-state index contributed by atoms with van der Waals surface area (Å²) in [7, 11) is 3.72. The second kappa shape index (κ2) is 21.1. The molecule has 2 saturated heterocycles. The van der Waals surface area contributed by atoms with Crippen LogP contribution in [0.15, 0.2) is 54.6 Å². The Morgan fingerprint density at radius 2 is 1.58 bits per heavy atom. The van der Waals surface area contributed by atoms with E-state index in [-0.39, 0.29) is 25.5 Å². The lowest BCUT2D eigenvalue weighted by Gasteiger charge is -2.27. The maximum atomic E-state index is 15.4. The van der Waals surface area contributed by atoms with Gasteiger partial charge < -0.3 is 33.5 Å². The molecule has 3 aliphatic heterocycles. The summed E-state index contributed by atoms with van der Waals surface area (Å²) < 4.78 is 43.5. The number of halogens is 1. The monoisotopic (exact) mass is 739 g/mol. The summed E-state index contributed by atoms with van der Waals surface area (Å²) in [5.74, 6) is -0.790. The maximum Gasteiger partial charge on any atom is 0.414 e. The molecule has 290 valence electrons. The van der Waals surface area contributed by atoms with Crippen molar-refractivity contribution in [2.45, 2.75) is 25.5 Å². The van der Waals surface area contributed by atoms with Gasteiger partial charge in [-0.25, -0.2) is 9.18 Å². The molecule has 5 rings (SSSR count). The van der Waals surface area contributed by atoms with Gasteiger partial charge in [-0.3, -0.25) is 24.3 Å². The average molecular weight is 740 g/mol. The van der Waals surface area contributed by atoms with Crippen LogP contribution in [0, 0.1) is 5.82 Å². The van der Waals surface area contributed by atoms with Gasteiger partial charge in [0.2, 0.25) is 5.91 Å². The Morgan fingerprint density at radius 1 is 0.887 bits per heavy atom. The number of rotatable bonds is 11. The van der Waals surface area contributed by atoms with Crippen molar-refractivity contribution in [3.05, 3.63) is 71.6 Å². The highest BCUT2D eigenvalue weighted by Crippen LogP contribution is 2.30. The molecule has 0 aromatic heterocycles. The van der Waals surface area contributed by atoms with E-state index in [0.717, 1.165) is 31.6 Å². The van der Waals surface area contributed by atoms with Crippen molar-refractivity contribution in [1.29, 1.82) is 0 Å². The highest BCUT2D eigenvalue weighted by atomic mass is 19.1. The Morgan fingerprint density at radius 3 is 2.25 bits per heavy atom. The minimum absolute atomic E-state index is 0.0190. The lowest BCUT2D eigenvalue weighted by Crippen LogP contribution is -2.41. The summed E-state index contributed by atoms with van der Waals surface area (Å²) in [6.07, 6.45) is 1.66. The first-order chi connectivity index (χ1) is 25.7. The van der Waals surface area contributed by atoms with Gasteiger partial charge in [0.15, 0.2) is 6.10 Å². The lowest BCUT2D eigenvalue weighted by molar-refractivity contribution is -0.146. The quantitative estimate of drug-likeness (QED) is 0.317. The number of hydrogen-bond acceptors (Lipinski definition) is 11. The van der Waals surface area contributed by atoms with E-state index >= 15 is 4.39 Å². The average Bonchev–Trinajstić information content (AvgIpc) is 3.52. The van der Waals surface area contributed by atoms with Gasteiger partial charge in [0.05, 0.1) is 64.8 Å². The second-order valence-corrected chi connectivity index (χ2v) is 13.7. The Kier molecular flexibility index (Phi) is 16.0. The number of anilines is 1. The molecule has 2 fully saturated rings. The van der Waals surface area contributed by atoms with E-state index in [4.69, 9.17) is 23.7 Å². The normalized spacial score (nSPS) is 20.4. The number of ether oxygens (including phenoxy) is 5. The smallest absolute Gasteiger partial charge is 0.414 e. The maximum absolute atomic E-state index is 15.4. The standard InChI is InChI=1S/C39H54FN5O8/c1-41(2)29-37(46)44-18-22-49-20-16-42(17-21-50-24-25-51-23-19-44)15-12-38(47)52-30-34-28-45(39(48)53-34)33-8-9-35(36(40)26-33)32-10-13-43(14-11-32)27-31-6-4-3-5-7-31/h3-10,26,34H,11-25,27-30H2,1-2H3. The van der Waals surface area contributed by atoms with E-state index < -0.39 is 24.0 Å². The Bertz CT molecular complexity index is 1510. The Hall–Kier alpha value is -3.92. The highest BCUT2D eigenvalue weighted by molar-refractivity contribution is 5.90.